The monoisotopic (exact) mass is 430 g/mol. The van der Waals surface area contributed by atoms with Crippen molar-refractivity contribution in [2.45, 2.75) is 13.0 Å². The number of guanidine groups is 1. The first-order chi connectivity index (χ1) is 10.6. The molecule has 1 aromatic heterocycles. The topological polar surface area (TPSA) is 32.6 Å². The van der Waals surface area contributed by atoms with Crippen molar-refractivity contribution >= 4 is 29.9 Å². The van der Waals surface area contributed by atoms with Crippen LogP contribution in [0.2, 0.25) is 0 Å². The summed E-state index contributed by atoms with van der Waals surface area (Å²) in [4.78, 5) is 6.39. The molecular weight excluding hydrogens is 406 g/mol. The molecule has 0 aliphatic heterocycles. The number of halogens is 2. The summed E-state index contributed by atoms with van der Waals surface area (Å²) < 4.78 is 15.0. The maximum absolute atomic E-state index is 12.9. The molecule has 1 aromatic carbocycles. The van der Waals surface area contributed by atoms with Crippen molar-refractivity contribution in [3.05, 3.63) is 59.7 Å². The second kappa shape index (κ2) is 9.54. The summed E-state index contributed by atoms with van der Waals surface area (Å²) in [6.07, 6.45) is 2.87. The highest BCUT2D eigenvalue weighted by Crippen LogP contribution is 2.05. The minimum Gasteiger partial charge on any atom is -0.356 e. The molecule has 1 N–H and O–H groups in total. The summed E-state index contributed by atoms with van der Waals surface area (Å²) >= 11 is 0. The average Bonchev–Trinajstić information content (AvgIpc) is 2.90. The molecule has 2 rings (SSSR count). The lowest BCUT2D eigenvalue weighted by Gasteiger charge is -2.22. The van der Waals surface area contributed by atoms with E-state index in [4.69, 9.17) is 0 Å². The molecule has 2 aromatic rings. The van der Waals surface area contributed by atoms with Crippen LogP contribution in [0.5, 0.6) is 0 Å². The van der Waals surface area contributed by atoms with Crippen LogP contribution in [-0.2, 0) is 20.0 Å². The largest absolute Gasteiger partial charge is 0.356 e. The zero-order valence-electron chi connectivity index (χ0n) is 13.8. The highest BCUT2D eigenvalue weighted by atomic mass is 127. The van der Waals surface area contributed by atoms with Gasteiger partial charge in [-0.3, -0.25) is 4.99 Å². The Morgan fingerprint density at radius 1 is 1.26 bits per heavy atom. The number of nitrogens with one attached hydrogen (secondary N) is 1. The van der Waals surface area contributed by atoms with Crippen molar-refractivity contribution in [3.63, 3.8) is 0 Å². The first-order valence-corrected chi connectivity index (χ1v) is 7.36. The van der Waals surface area contributed by atoms with Crippen molar-refractivity contribution in [2.24, 2.45) is 12.0 Å². The van der Waals surface area contributed by atoms with Gasteiger partial charge < -0.3 is 14.8 Å². The van der Waals surface area contributed by atoms with Crippen LogP contribution in [0.1, 0.15) is 11.3 Å². The zero-order valence-corrected chi connectivity index (χ0v) is 16.1. The maximum atomic E-state index is 12.9. The van der Waals surface area contributed by atoms with Gasteiger partial charge in [0.1, 0.15) is 5.82 Å². The smallest absolute Gasteiger partial charge is 0.193 e. The molecule has 0 saturated carbocycles. The molecule has 0 aliphatic carbocycles. The van der Waals surface area contributed by atoms with Gasteiger partial charge in [0.25, 0.3) is 0 Å². The predicted molar refractivity (Wildman–Crippen MR) is 104 cm³/mol. The Bertz CT molecular complexity index is 622. The zero-order chi connectivity index (χ0) is 15.9. The van der Waals surface area contributed by atoms with Crippen molar-refractivity contribution in [1.29, 1.82) is 0 Å². The second-order valence-electron chi connectivity index (χ2n) is 5.32. The number of hydrogen-bond donors (Lipinski definition) is 1. The van der Waals surface area contributed by atoms with E-state index < -0.39 is 0 Å². The van der Waals surface area contributed by atoms with Crippen molar-refractivity contribution < 1.29 is 4.39 Å². The van der Waals surface area contributed by atoms with E-state index in [1.165, 1.54) is 17.8 Å². The second-order valence-corrected chi connectivity index (χ2v) is 5.32. The van der Waals surface area contributed by atoms with E-state index in [9.17, 15) is 4.39 Å². The molecule has 0 radical (unpaired) electrons. The summed E-state index contributed by atoms with van der Waals surface area (Å²) in [5.74, 6) is 0.651. The quantitative estimate of drug-likeness (QED) is 0.450. The van der Waals surface area contributed by atoms with Crippen LogP contribution >= 0.6 is 24.0 Å². The summed E-state index contributed by atoms with van der Waals surface area (Å²) in [7, 11) is 5.83. The molecule has 0 amide bonds. The third kappa shape index (κ3) is 5.85. The molecule has 0 fully saturated rings. The van der Waals surface area contributed by atoms with Gasteiger partial charge in [-0.15, -0.1) is 24.0 Å². The molecule has 4 nitrogen and oxygen atoms in total. The number of hydrogen-bond acceptors (Lipinski definition) is 1. The van der Waals surface area contributed by atoms with Crippen LogP contribution in [-0.4, -0.2) is 36.1 Å². The summed E-state index contributed by atoms with van der Waals surface area (Å²) in [5, 5.41) is 3.34. The van der Waals surface area contributed by atoms with Gasteiger partial charge in [-0.1, -0.05) is 12.1 Å². The fourth-order valence-electron chi connectivity index (χ4n) is 2.33. The normalized spacial score (nSPS) is 11.0. The van der Waals surface area contributed by atoms with E-state index in [0.29, 0.717) is 0 Å². The number of benzene rings is 1. The van der Waals surface area contributed by atoms with Crippen molar-refractivity contribution in [1.82, 2.24) is 14.8 Å². The van der Waals surface area contributed by atoms with Gasteiger partial charge in [0.15, 0.2) is 5.96 Å². The third-order valence-electron chi connectivity index (χ3n) is 3.63. The van der Waals surface area contributed by atoms with Gasteiger partial charge >= 0.3 is 0 Å². The minimum absolute atomic E-state index is 0. The Kier molecular flexibility index (Phi) is 8.08. The molecule has 0 aliphatic rings. The van der Waals surface area contributed by atoms with E-state index in [-0.39, 0.29) is 29.8 Å². The van der Waals surface area contributed by atoms with Crippen LogP contribution in [0.3, 0.4) is 0 Å². The van der Waals surface area contributed by atoms with Gasteiger partial charge in [0.05, 0.1) is 6.54 Å². The molecule has 126 valence electrons. The lowest BCUT2D eigenvalue weighted by molar-refractivity contribution is 0.462. The fourth-order valence-corrected chi connectivity index (χ4v) is 2.33. The van der Waals surface area contributed by atoms with Gasteiger partial charge in [-0.25, -0.2) is 4.39 Å². The number of rotatable bonds is 5. The number of aliphatic imine (C=N–C) groups is 1. The molecule has 0 spiro atoms. The first-order valence-electron chi connectivity index (χ1n) is 7.36. The maximum Gasteiger partial charge on any atom is 0.193 e. The van der Waals surface area contributed by atoms with Crippen molar-refractivity contribution in [2.75, 3.05) is 20.6 Å². The van der Waals surface area contributed by atoms with E-state index in [0.717, 1.165) is 31.0 Å². The van der Waals surface area contributed by atoms with E-state index in [1.807, 2.05) is 38.5 Å². The molecule has 0 unspecified atom stereocenters. The number of aromatic nitrogens is 1. The van der Waals surface area contributed by atoms with Crippen molar-refractivity contribution in [3.8, 4) is 0 Å². The van der Waals surface area contributed by atoms with Gasteiger partial charge in [0.2, 0.25) is 0 Å². The Balaban J connectivity index is 0.00000264. The van der Waals surface area contributed by atoms with Crippen LogP contribution in [0.25, 0.3) is 0 Å². The molecule has 0 bridgehead atoms. The van der Waals surface area contributed by atoms with Gasteiger partial charge in [-0.2, -0.15) is 0 Å². The Labute approximate surface area is 154 Å². The van der Waals surface area contributed by atoms with Crippen LogP contribution in [0, 0.1) is 5.82 Å². The van der Waals surface area contributed by atoms with Crippen LogP contribution in [0.15, 0.2) is 47.6 Å². The molecule has 6 heteroatoms. The molecule has 1 heterocycles. The van der Waals surface area contributed by atoms with Gasteiger partial charge in [-0.05, 0) is 36.2 Å². The Morgan fingerprint density at radius 3 is 2.52 bits per heavy atom. The predicted octanol–water partition coefficient (Wildman–Crippen LogP) is 3.03. The Hall–Kier alpha value is -1.57. The summed E-state index contributed by atoms with van der Waals surface area (Å²) in [5.41, 5.74) is 2.33. The lowest BCUT2D eigenvalue weighted by Crippen LogP contribution is -2.39. The first kappa shape index (κ1) is 19.5. The van der Waals surface area contributed by atoms with Gasteiger partial charge in [0, 0.05) is 39.6 Å². The number of aryl methyl sites for hydroxylation is 1. The highest BCUT2D eigenvalue weighted by molar-refractivity contribution is 14.0. The van der Waals surface area contributed by atoms with Crippen LogP contribution < -0.4 is 5.32 Å². The third-order valence-corrected chi connectivity index (χ3v) is 3.63. The fraction of sp³-hybridized carbons (Fsp3) is 0.353. The molecule has 0 saturated heterocycles. The minimum atomic E-state index is -0.199. The van der Waals surface area contributed by atoms with E-state index in [2.05, 4.69) is 25.8 Å². The summed E-state index contributed by atoms with van der Waals surface area (Å²) in [6.45, 7) is 1.55. The lowest BCUT2D eigenvalue weighted by atomic mass is 10.1. The molecule has 23 heavy (non-hydrogen) atoms. The van der Waals surface area contributed by atoms with E-state index in [1.54, 1.807) is 7.05 Å². The molecule has 0 atom stereocenters. The summed E-state index contributed by atoms with van der Waals surface area (Å²) in [6, 6.07) is 10.7. The Morgan fingerprint density at radius 2 is 1.96 bits per heavy atom. The van der Waals surface area contributed by atoms with E-state index >= 15 is 0 Å². The molecular formula is C17H24FIN4. The SMILES string of the molecule is CN=C(NCCc1ccc(F)cc1)N(C)Cc1cccn1C.I. The van der Waals surface area contributed by atoms with Crippen LogP contribution in [0.4, 0.5) is 4.39 Å². The average molecular weight is 430 g/mol. The standard InChI is InChI=1S/C17H23FN4.HI/c1-19-17(22(3)13-16-5-4-12-21(16)2)20-11-10-14-6-8-15(18)9-7-14;/h4-9,12H,10-11,13H2,1-3H3,(H,19,20);1H. The number of nitrogens with zero attached hydrogens (tertiary/aromatic N) is 3. The highest BCUT2D eigenvalue weighted by Gasteiger charge is 2.07.